The third kappa shape index (κ3) is 3.74. The summed E-state index contributed by atoms with van der Waals surface area (Å²) in [5.74, 6) is 0. The molecule has 3 atom stereocenters. The lowest BCUT2D eigenvalue weighted by molar-refractivity contribution is 0.136. The Balaban J connectivity index is 2.36. The number of likely N-dealkylation sites (tertiary alicyclic amines) is 1. The van der Waals surface area contributed by atoms with E-state index in [1.54, 1.807) is 0 Å². The van der Waals surface area contributed by atoms with Gasteiger partial charge in [-0.25, -0.2) is 0 Å². The highest BCUT2D eigenvalue weighted by Gasteiger charge is 2.32. The molecule has 2 heteroatoms. The molecule has 96 valence electrons. The largest absolute Gasteiger partial charge is 0.314 e. The van der Waals surface area contributed by atoms with E-state index >= 15 is 0 Å². The molecule has 0 bridgehead atoms. The van der Waals surface area contributed by atoms with Gasteiger partial charge < -0.3 is 5.32 Å². The molecule has 3 unspecified atom stereocenters. The van der Waals surface area contributed by atoms with Crippen LogP contribution in [0.15, 0.2) is 0 Å². The number of hydrogen-bond donors (Lipinski definition) is 1. The van der Waals surface area contributed by atoms with Gasteiger partial charge >= 0.3 is 0 Å². The minimum Gasteiger partial charge on any atom is -0.314 e. The summed E-state index contributed by atoms with van der Waals surface area (Å²) >= 11 is 0. The molecule has 0 aliphatic carbocycles. The van der Waals surface area contributed by atoms with Gasteiger partial charge in [0, 0.05) is 24.2 Å². The third-order valence-electron chi connectivity index (χ3n) is 3.94. The summed E-state index contributed by atoms with van der Waals surface area (Å²) in [6, 6.07) is 2.97. The van der Waals surface area contributed by atoms with Crippen LogP contribution < -0.4 is 5.32 Å². The summed E-state index contributed by atoms with van der Waals surface area (Å²) in [6.07, 6.45) is 5.38. The highest BCUT2D eigenvalue weighted by molar-refractivity contribution is 4.87. The first-order valence-corrected chi connectivity index (χ1v) is 7.07. The average Bonchev–Trinajstić information content (AvgIpc) is 2.58. The van der Waals surface area contributed by atoms with Gasteiger partial charge in [-0.1, -0.05) is 20.8 Å². The first kappa shape index (κ1) is 14.0. The van der Waals surface area contributed by atoms with Crippen LogP contribution in [0.25, 0.3) is 0 Å². The van der Waals surface area contributed by atoms with Gasteiger partial charge in [0.15, 0.2) is 0 Å². The first-order chi connectivity index (χ1) is 7.56. The van der Waals surface area contributed by atoms with E-state index in [9.17, 15) is 0 Å². The Hall–Kier alpha value is -0.0800. The van der Waals surface area contributed by atoms with E-state index in [0.29, 0.717) is 6.04 Å². The molecule has 1 rings (SSSR count). The molecule has 0 radical (unpaired) electrons. The second-order valence-electron chi connectivity index (χ2n) is 5.68. The normalized spacial score (nSPS) is 28.9. The van der Waals surface area contributed by atoms with Gasteiger partial charge in [0.25, 0.3) is 0 Å². The first-order valence-electron chi connectivity index (χ1n) is 7.07. The summed E-state index contributed by atoms with van der Waals surface area (Å²) in [7, 11) is 0. The zero-order valence-electron chi connectivity index (χ0n) is 11.8. The third-order valence-corrected chi connectivity index (χ3v) is 3.94. The van der Waals surface area contributed by atoms with Crippen LogP contribution in [0.2, 0.25) is 0 Å². The predicted molar refractivity (Wildman–Crippen MR) is 71.8 cm³/mol. The topological polar surface area (TPSA) is 15.3 Å². The van der Waals surface area contributed by atoms with Crippen LogP contribution in [-0.4, -0.2) is 35.6 Å². The average molecular weight is 226 g/mol. The summed E-state index contributed by atoms with van der Waals surface area (Å²) in [5, 5.41) is 3.52. The summed E-state index contributed by atoms with van der Waals surface area (Å²) < 4.78 is 0. The van der Waals surface area contributed by atoms with Gasteiger partial charge in [-0.3, -0.25) is 4.90 Å². The monoisotopic (exact) mass is 226 g/mol. The van der Waals surface area contributed by atoms with E-state index in [-0.39, 0.29) is 0 Å². The quantitative estimate of drug-likeness (QED) is 0.749. The number of rotatable bonds is 6. The molecule has 1 aliphatic heterocycles. The van der Waals surface area contributed by atoms with Gasteiger partial charge in [-0.15, -0.1) is 0 Å². The van der Waals surface area contributed by atoms with Crippen molar-refractivity contribution < 1.29 is 0 Å². The van der Waals surface area contributed by atoms with Crippen LogP contribution in [0.5, 0.6) is 0 Å². The lowest BCUT2D eigenvalue weighted by Crippen LogP contribution is -2.43. The Kier molecular flexibility index (Phi) is 5.77. The summed E-state index contributed by atoms with van der Waals surface area (Å²) in [4.78, 5) is 2.75. The maximum Gasteiger partial charge on any atom is 0.00988 e. The van der Waals surface area contributed by atoms with Crippen molar-refractivity contribution in [2.24, 2.45) is 0 Å². The van der Waals surface area contributed by atoms with Crippen molar-refractivity contribution in [3.8, 4) is 0 Å². The van der Waals surface area contributed by atoms with Crippen molar-refractivity contribution in [1.82, 2.24) is 10.2 Å². The molecular weight excluding hydrogens is 196 g/mol. The molecule has 1 saturated heterocycles. The fourth-order valence-corrected chi connectivity index (χ4v) is 3.03. The molecule has 0 amide bonds. The van der Waals surface area contributed by atoms with Gasteiger partial charge in [-0.05, 0) is 46.1 Å². The minimum absolute atomic E-state index is 0.616. The second-order valence-corrected chi connectivity index (χ2v) is 5.68. The zero-order valence-corrected chi connectivity index (χ0v) is 11.8. The SMILES string of the molecule is CCC1CCC(C)N1C(C)CCNC(C)C. The van der Waals surface area contributed by atoms with E-state index in [4.69, 9.17) is 0 Å². The minimum atomic E-state index is 0.616. The molecule has 16 heavy (non-hydrogen) atoms. The van der Waals surface area contributed by atoms with Crippen molar-refractivity contribution in [2.45, 2.75) is 84.5 Å². The maximum atomic E-state index is 3.52. The predicted octanol–water partition coefficient (Wildman–Crippen LogP) is 3.03. The van der Waals surface area contributed by atoms with Gasteiger partial charge in [-0.2, -0.15) is 0 Å². The molecule has 0 saturated carbocycles. The molecule has 1 fully saturated rings. The van der Waals surface area contributed by atoms with Gasteiger partial charge in [0.05, 0.1) is 0 Å². The lowest BCUT2D eigenvalue weighted by atomic mass is 10.1. The summed E-state index contributed by atoms with van der Waals surface area (Å²) in [5.41, 5.74) is 0. The Morgan fingerprint density at radius 2 is 1.94 bits per heavy atom. The molecule has 0 aromatic carbocycles. The van der Waals surface area contributed by atoms with Crippen LogP contribution in [0, 0.1) is 0 Å². The highest BCUT2D eigenvalue weighted by atomic mass is 15.2. The molecular formula is C14H30N2. The van der Waals surface area contributed by atoms with Gasteiger partial charge in [0.2, 0.25) is 0 Å². The molecule has 1 N–H and O–H groups in total. The van der Waals surface area contributed by atoms with E-state index in [2.05, 4.69) is 44.8 Å². The summed E-state index contributed by atoms with van der Waals surface area (Å²) in [6.45, 7) is 12.7. The maximum absolute atomic E-state index is 3.52. The van der Waals surface area contributed by atoms with E-state index < -0.39 is 0 Å². The Morgan fingerprint density at radius 1 is 1.25 bits per heavy atom. The van der Waals surface area contributed by atoms with Crippen molar-refractivity contribution in [1.29, 1.82) is 0 Å². The number of hydrogen-bond acceptors (Lipinski definition) is 2. The molecule has 1 aliphatic rings. The molecule has 2 nitrogen and oxygen atoms in total. The van der Waals surface area contributed by atoms with Crippen molar-refractivity contribution >= 4 is 0 Å². The van der Waals surface area contributed by atoms with E-state index in [1.165, 1.54) is 25.7 Å². The van der Waals surface area contributed by atoms with Crippen LogP contribution in [0.4, 0.5) is 0 Å². The molecule has 0 aromatic heterocycles. The second kappa shape index (κ2) is 6.61. The van der Waals surface area contributed by atoms with Crippen molar-refractivity contribution in [2.75, 3.05) is 6.54 Å². The highest BCUT2D eigenvalue weighted by Crippen LogP contribution is 2.28. The smallest absolute Gasteiger partial charge is 0.00988 e. The van der Waals surface area contributed by atoms with Gasteiger partial charge in [0.1, 0.15) is 0 Å². The molecule has 0 spiro atoms. The number of nitrogens with zero attached hydrogens (tertiary/aromatic N) is 1. The lowest BCUT2D eigenvalue weighted by Gasteiger charge is -2.34. The van der Waals surface area contributed by atoms with Crippen LogP contribution >= 0.6 is 0 Å². The van der Waals surface area contributed by atoms with Crippen molar-refractivity contribution in [3.05, 3.63) is 0 Å². The molecule has 0 aromatic rings. The van der Waals surface area contributed by atoms with Crippen molar-refractivity contribution in [3.63, 3.8) is 0 Å². The molecule has 1 heterocycles. The number of nitrogens with one attached hydrogen (secondary N) is 1. The van der Waals surface area contributed by atoms with E-state index in [1.807, 2.05) is 0 Å². The van der Waals surface area contributed by atoms with E-state index in [0.717, 1.165) is 24.7 Å². The standard InChI is InChI=1S/C14H30N2/c1-6-14-8-7-12(4)16(14)13(5)9-10-15-11(2)3/h11-15H,6-10H2,1-5H3. The van der Waals surface area contributed by atoms with Crippen LogP contribution in [0.3, 0.4) is 0 Å². The Bertz CT molecular complexity index is 191. The zero-order chi connectivity index (χ0) is 12.1. The fourth-order valence-electron chi connectivity index (χ4n) is 3.03. The fraction of sp³-hybridized carbons (Fsp3) is 1.00. The Labute approximate surface area is 102 Å². The van der Waals surface area contributed by atoms with Crippen LogP contribution in [-0.2, 0) is 0 Å². The van der Waals surface area contributed by atoms with Crippen LogP contribution in [0.1, 0.15) is 60.3 Å². The Morgan fingerprint density at radius 3 is 2.50 bits per heavy atom.